The van der Waals surface area contributed by atoms with Gasteiger partial charge in [0.15, 0.2) is 62.5 Å². The van der Waals surface area contributed by atoms with Crippen LogP contribution in [-0.4, -0.2) is 443 Å². The Morgan fingerprint density at radius 2 is 0.703 bits per heavy atom. The normalized spacial score (nSPS) is 52.7. The lowest BCUT2D eigenvalue weighted by atomic mass is 9.94. The zero-order valence-corrected chi connectivity index (χ0v) is 52.5. The van der Waals surface area contributed by atoms with Crippen molar-refractivity contribution in [3.8, 4) is 0 Å². The fraction of sp³-hybridized carbons (Fsp3) is 0.926. The summed E-state index contributed by atoms with van der Waals surface area (Å²) in [5.74, 6) is -11.8. The van der Waals surface area contributed by atoms with Gasteiger partial charge >= 0.3 is 23.9 Å². The van der Waals surface area contributed by atoms with Gasteiger partial charge in [0, 0.05) is 13.8 Å². The maximum atomic E-state index is 12.5. The molecule has 42 atom stereocenters. The first-order chi connectivity index (χ1) is 47.5. The molecule has 0 aromatic rings. The van der Waals surface area contributed by atoms with Crippen molar-refractivity contribution in [1.82, 2.24) is 0 Å². The maximum absolute atomic E-state index is 12.5. The summed E-state index contributed by atoms with van der Waals surface area (Å²) in [4.78, 5) is 48.2. The minimum Gasteiger partial charge on any atom is -0.479 e. The van der Waals surface area contributed by atoms with Gasteiger partial charge in [0.2, 0.25) is 0 Å². The van der Waals surface area contributed by atoms with Crippen LogP contribution in [0.25, 0.3) is 0 Å². The van der Waals surface area contributed by atoms with Crippen molar-refractivity contribution in [3.05, 3.63) is 0 Å². The molecule has 10 aliphatic heterocycles. The number of carboxylic acids is 4. The van der Waals surface area contributed by atoms with Crippen molar-refractivity contribution < 1.29 is 232 Å². The summed E-state index contributed by atoms with van der Waals surface area (Å²) in [5, 5.41) is 259. The Bertz CT molecular complexity index is 2790. The highest BCUT2D eigenvalue weighted by Crippen LogP contribution is 2.42. The zero-order valence-electron chi connectivity index (χ0n) is 52.5. The molecule has 0 aliphatic carbocycles. The molecule has 0 aromatic heterocycles. The molecule has 10 heterocycles. The number of hydrogen-bond acceptors (Lipinski definition) is 43. The minimum absolute atomic E-state index is 0.552. The molecule has 10 rings (SSSR count). The van der Waals surface area contributed by atoms with Gasteiger partial charge < -0.3 is 213 Å². The SMILES string of the molecule is CC1(C(=O)O)OC[C@H]2O[C@@H](O[C@@H]3[C@@H](O)[C@H](O[C@H]4[C@H](O)[C@@H](O)[C@H](O[C@@H]5[C@@H](O)[C@H](OC[C@H]6OC(O)[C@H](O)[C@@H](O)[C@@H]6O[C@@H]6O[C@H](CO)[C@@H](O[C@@H]7O[C@H](C(=O)O)[C@@H](O[C@@H]8O[C@H](C(=O)O)[C@@H](O)[C@H](O)[C@H]8O)[C@H](O)[C@H]7O)[C@H](O)[C@H]6O)O[C@H](CO)[C@H]5O)O[C@@H]4CO)O[C@@H]4COC(C)(C(=O)O)O[C@@H]34)[C@H](O)[C@@H](O)[C@H]2O1. The number of hydrogen-bond donors (Lipinski definition) is 24. The predicted molar refractivity (Wildman–Crippen MR) is 293 cm³/mol. The van der Waals surface area contributed by atoms with Gasteiger partial charge in [-0.15, -0.1) is 0 Å². The van der Waals surface area contributed by atoms with Crippen molar-refractivity contribution in [2.24, 2.45) is 0 Å². The van der Waals surface area contributed by atoms with Crippen LogP contribution in [0.4, 0.5) is 0 Å². The Balaban J connectivity index is 0.780. The molecule has 0 amide bonds. The molecule has 47 nitrogen and oxygen atoms in total. The van der Waals surface area contributed by atoms with Gasteiger partial charge in [0.1, 0.15) is 183 Å². The van der Waals surface area contributed by atoms with Crippen LogP contribution < -0.4 is 0 Å². The molecule has 10 fully saturated rings. The maximum Gasteiger partial charge on any atom is 0.364 e. The quantitative estimate of drug-likeness (QED) is 0.0479. The molecule has 101 heavy (non-hydrogen) atoms. The van der Waals surface area contributed by atoms with Crippen molar-refractivity contribution in [2.45, 2.75) is 271 Å². The Morgan fingerprint density at radius 3 is 1.20 bits per heavy atom. The molecule has 0 spiro atoms. The number of aliphatic carboxylic acids is 4. The van der Waals surface area contributed by atoms with Crippen molar-refractivity contribution in [2.75, 3.05) is 39.6 Å². The first-order valence-corrected chi connectivity index (χ1v) is 31.2. The van der Waals surface area contributed by atoms with Gasteiger partial charge in [-0.25, -0.2) is 19.2 Å². The lowest BCUT2D eigenvalue weighted by Crippen LogP contribution is -2.71. The number of aliphatic hydroxyl groups is 20. The van der Waals surface area contributed by atoms with Crippen LogP contribution in [0.2, 0.25) is 0 Å². The molecular formula is C54H82O47. The second kappa shape index (κ2) is 32.0. The van der Waals surface area contributed by atoms with Crippen molar-refractivity contribution in [3.63, 3.8) is 0 Å². The van der Waals surface area contributed by atoms with E-state index in [0.29, 0.717) is 0 Å². The third-order valence-corrected chi connectivity index (χ3v) is 18.7. The summed E-state index contributed by atoms with van der Waals surface area (Å²) in [6.45, 7) is -3.66. The average Bonchev–Trinajstić information content (AvgIpc) is 0.759. The van der Waals surface area contributed by atoms with E-state index in [4.69, 9.17) is 90.0 Å². The fourth-order valence-corrected chi connectivity index (χ4v) is 12.9. The number of carbonyl (C=O) groups is 4. The molecule has 24 N–H and O–H groups in total. The molecule has 0 saturated carbocycles. The molecular weight excluding hydrogens is 1400 g/mol. The highest BCUT2D eigenvalue weighted by Gasteiger charge is 2.63. The lowest BCUT2D eigenvalue weighted by Gasteiger charge is -2.53. The van der Waals surface area contributed by atoms with Crippen LogP contribution in [0.1, 0.15) is 13.8 Å². The van der Waals surface area contributed by atoms with Gasteiger partial charge in [-0.1, -0.05) is 0 Å². The predicted octanol–water partition coefficient (Wildman–Crippen LogP) is -16.5. The average molecular weight is 1480 g/mol. The molecule has 0 aromatic carbocycles. The molecule has 47 heteroatoms. The summed E-state index contributed by atoms with van der Waals surface area (Å²) >= 11 is 0. The Morgan fingerprint density at radius 1 is 0.337 bits per heavy atom. The van der Waals surface area contributed by atoms with Crippen LogP contribution in [0.3, 0.4) is 0 Å². The van der Waals surface area contributed by atoms with Crippen LogP contribution >= 0.6 is 0 Å². The lowest BCUT2D eigenvalue weighted by molar-refractivity contribution is -0.424. The first-order valence-electron chi connectivity index (χ1n) is 31.2. The highest BCUT2D eigenvalue weighted by molar-refractivity contribution is 5.76. The molecule has 0 bridgehead atoms. The van der Waals surface area contributed by atoms with Crippen LogP contribution in [0, 0.1) is 0 Å². The Hall–Kier alpha value is -3.68. The second-order valence-corrected chi connectivity index (χ2v) is 25.4. The monoisotopic (exact) mass is 1480 g/mol. The molecule has 580 valence electrons. The number of ether oxygens (including phenoxy) is 19. The smallest absolute Gasteiger partial charge is 0.364 e. The van der Waals surface area contributed by atoms with E-state index < -0.39 is 321 Å². The van der Waals surface area contributed by atoms with Gasteiger partial charge in [-0.2, -0.15) is 0 Å². The molecule has 10 saturated heterocycles. The zero-order chi connectivity index (χ0) is 74.1. The summed E-state index contributed by atoms with van der Waals surface area (Å²) in [7, 11) is 0. The highest BCUT2D eigenvalue weighted by atomic mass is 16.8. The van der Waals surface area contributed by atoms with E-state index in [-0.39, 0.29) is 0 Å². The summed E-state index contributed by atoms with van der Waals surface area (Å²) in [5.41, 5.74) is 0. The number of fused-ring (bicyclic) bond motifs is 2. The van der Waals surface area contributed by atoms with Gasteiger partial charge in [-0.05, 0) is 0 Å². The third-order valence-electron chi connectivity index (χ3n) is 18.7. The van der Waals surface area contributed by atoms with E-state index in [9.17, 15) is 142 Å². The van der Waals surface area contributed by atoms with Crippen LogP contribution in [0.5, 0.6) is 0 Å². The van der Waals surface area contributed by atoms with E-state index in [2.05, 4.69) is 0 Å². The molecule has 10 aliphatic rings. The topological polar surface area (TPSA) is 729 Å². The molecule has 3 unspecified atom stereocenters. The largest absolute Gasteiger partial charge is 0.479 e. The van der Waals surface area contributed by atoms with Gasteiger partial charge in [0.25, 0.3) is 11.6 Å². The summed E-state index contributed by atoms with van der Waals surface area (Å²) in [6, 6.07) is 0. The third kappa shape index (κ3) is 15.7. The number of aliphatic hydroxyl groups excluding tert-OH is 20. The van der Waals surface area contributed by atoms with Crippen molar-refractivity contribution >= 4 is 23.9 Å². The van der Waals surface area contributed by atoms with Crippen LogP contribution in [-0.2, 0) is 109 Å². The first kappa shape index (κ1) is 79.9. The van der Waals surface area contributed by atoms with Gasteiger partial charge in [0.05, 0.1) is 39.6 Å². The van der Waals surface area contributed by atoms with E-state index in [0.717, 1.165) is 13.8 Å². The Kier molecular flexibility index (Phi) is 25.3. The van der Waals surface area contributed by atoms with E-state index in [1.165, 1.54) is 0 Å². The Labute approximate surface area is 565 Å². The van der Waals surface area contributed by atoms with E-state index in [1.807, 2.05) is 0 Å². The van der Waals surface area contributed by atoms with Crippen LogP contribution in [0.15, 0.2) is 0 Å². The second-order valence-electron chi connectivity index (χ2n) is 25.4. The summed E-state index contributed by atoms with van der Waals surface area (Å²) in [6.07, 6.45) is -84.3. The van der Waals surface area contributed by atoms with E-state index >= 15 is 0 Å². The van der Waals surface area contributed by atoms with E-state index in [1.54, 1.807) is 0 Å². The van der Waals surface area contributed by atoms with Gasteiger partial charge in [-0.3, -0.25) is 0 Å². The fourth-order valence-electron chi connectivity index (χ4n) is 12.9. The molecule has 0 radical (unpaired) electrons. The summed E-state index contributed by atoms with van der Waals surface area (Å²) < 4.78 is 106. The van der Waals surface area contributed by atoms with Crippen molar-refractivity contribution in [1.29, 1.82) is 0 Å². The standard InChI is InChI=1S/C54H82O47/c1-53(51(79)80)84-7-13-34(100-53)21(64)27(70)47(90-13)97-38-30(73)50(91-14-8-85-54(2,52(81)82)101-35(14)38)93-32-11(5-57)89-46(26(69)20(32)63)95-36-15(58)9(3-55)87-44(29(36)72)83-6-12-33(18(61)23(66)43(78)86-12)94-45-25(68)19(62)31(10(4-56)88-45)92-49-28(71)22(65)37(40(99-49)42(76)77)96-48-24(67)16(59)17(60)39(98-48)41(74)75/h9-40,43-50,55-73,78H,3-8H2,1-2H3,(H,74,75)(H,76,77)(H,79,80)(H,81,82)/t9-,10-,11-,12-,13-,14-,15-,16+,17+,18-,19-,20-,21-,22-,23-,24-,25-,26-,27-,28-,29-,30-,31-,32-,33-,34+,35-,36+,37+,38-,39+,40+,43?,44-,45+,46+,47+,48-,49-,50+,53?,54?/m1/s1. The number of carboxylic acid groups (broad SMARTS) is 4. The minimum atomic E-state index is -2.45. The number of rotatable bonds is 22.